The molecule has 0 spiro atoms. The molecule has 0 aliphatic rings. The van der Waals surface area contributed by atoms with E-state index in [0.29, 0.717) is 12.5 Å². The fourth-order valence-electron chi connectivity index (χ4n) is 2.50. The zero-order valence-corrected chi connectivity index (χ0v) is 15.0. The molecule has 1 N–H and O–H groups in total. The van der Waals surface area contributed by atoms with Crippen LogP contribution in [-0.4, -0.2) is 11.8 Å². The summed E-state index contributed by atoms with van der Waals surface area (Å²) in [7, 11) is 0. The van der Waals surface area contributed by atoms with Crippen molar-refractivity contribution in [3.8, 4) is 0 Å². The maximum absolute atomic E-state index is 12.0. The first-order chi connectivity index (χ1) is 10.9. The monoisotopic (exact) mass is 311 g/mol. The molecule has 0 heterocycles. The van der Waals surface area contributed by atoms with Gasteiger partial charge in [0, 0.05) is 23.7 Å². The van der Waals surface area contributed by atoms with Crippen molar-refractivity contribution in [2.24, 2.45) is 0 Å². The van der Waals surface area contributed by atoms with Crippen LogP contribution in [0.4, 0.5) is 0 Å². The van der Waals surface area contributed by atoms with Crippen LogP contribution in [-0.2, 0) is 0 Å². The predicted octanol–water partition coefficient (Wildman–Crippen LogP) is 5.44. The molecular formula is C21H29NO. The Morgan fingerprint density at radius 2 is 1.70 bits per heavy atom. The summed E-state index contributed by atoms with van der Waals surface area (Å²) >= 11 is 0. The molecule has 1 aromatic carbocycles. The van der Waals surface area contributed by atoms with Gasteiger partial charge in [-0.25, -0.2) is 0 Å². The van der Waals surface area contributed by atoms with Gasteiger partial charge in [-0.2, -0.15) is 0 Å². The molecule has 0 aromatic heterocycles. The van der Waals surface area contributed by atoms with Crippen molar-refractivity contribution in [3.63, 3.8) is 0 Å². The van der Waals surface area contributed by atoms with Gasteiger partial charge >= 0.3 is 0 Å². The van der Waals surface area contributed by atoms with Gasteiger partial charge in [-0.1, -0.05) is 48.1 Å². The highest BCUT2D eigenvalue weighted by Gasteiger charge is 2.03. The second-order valence-corrected chi connectivity index (χ2v) is 6.29. The largest absolute Gasteiger partial charge is 0.386 e. The lowest BCUT2D eigenvalue weighted by molar-refractivity contribution is 0.0983. The van der Waals surface area contributed by atoms with Crippen molar-refractivity contribution in [1.82, 2.24) is 5.32 Å². The zero-order chi connectivity index (χ0) is 17.2. The van der Waals surface area contributed by atoms with Crippen molar-refractivity contribution in [2.45, 2.75) is 53.5 Å². The molecule has 0 atom stereocenters. The molecule has 2 heteroatoms. The van der Waals surface area contributed by atoms with Crippen LogP contribution in [0, 0.1) is 0 Å². The standard InChI is InChI=1S/C21H29NO/c1-16(2)22-19(5)15-18(4)14-17(3)10-9-13-21(23)20-11-7-6-8-12-20/h6-8,10-12,14-16,22H,9,13H2,1-5H3/b17-10+,18-14-,19-15+. The average molecular weight is 311 g/mol. The Kier molecular flexibility index (Phi) is 8.10. The van der Waals surface area contributed by atoms with Gasteiger partial charge < -0.3 is 5.32 Å². The van der Waals surface area contributed by atoms with Crippen LogP contribution >= 0.6 is 0 Å². The molecule has 0 unspecified atom stereocenters. The maximum atomic E-state index is 12.0. The lowest BCUT2D eigenvalue weighted by atomic mass is 10.1. The highest BCUT2D eigenvalue weighted by Crippen LogP contribution is 2.10. The van der Waals surface area contributed by atoms with E-state index in [-0.39, 0.29) is 5.78 Å². The summed E-state index contributed by atoms with van der Waals surface area (Å²) in [5, 5.41) is 3.38. The Morgan fingerprint density at radius 3 is 2.30 bits per heavy atom. The van der Waals surface area contributed by atoms with Crippen molar-refractivity contribution >= 4 is 5.78 Å². The third kappa shape index (κ3) is 8.20. The Balaban J connectivity index is 2.53. The second-order valence-electron chi connectivity index (χ2n) is 6.29. The quantitative estimate of drug-likeness (QED) is 0.511. The van der Waals surface area contributed by atoms with Gasteiger partial charge in [-0.3, -0.25) is 4.79 Å². The molecule has 124 valence electrons. The molecular weight excluding hydrogens is 282 g/mol. The third-order valence-corrected chi connectivity index (χ3v) is 3.35. The Morgan fingerprint density at radius 1 is 1.04 bits per heavy atom. The van der Waals surface area contributed by atoms with Gasteiger partial charge in [0.1, 0.15) is 0 Å². The highest BCUT2D eigenvalue weighted by molar-refractivity contribution is 5.96. The average Bonchev–Trinajstić information content (AvgIpc) is 2.46. The van der Waals surface area contributed by atoms with Crippen LogP contribution in [0.3, 0.4) is 0 Å². The van der Waals surface area contributed by atoms with E-state index in [1.165, 1.54) is 16.8 Å². The highest BCUT2D eigenvalue weighted by atomic mass is 16.1. The molecule has 0 bridgehead atoms. The molecule has 23 heavy (non-hydrogen) atoms. The summed E-state index contributed by atoms with van der Waals surface area (Å²) < 4.78 is 0. The molecule has 2 nitrogen and oxygen atoms in total. The van der Waals surface area contributed by atoms with Crippen LogP contribution in [0.15, 0.2) is 65.4 Å². The van der Waals surface area contributed by atoms with Crippen molar-refractivity contribution < 1.29 is 4.79 Å². The molecule has 1 aromatic rings. The zero-order valence-electron chi connectivity index (χ0n) is 15.0. The number of hydrogen-bond acceptors (Lipinski definition) is 2. The molecule has 0 fully saturated rings. The van der Waals surface area contributed by atoms with E-state index in [1.54, 1.807) is 0 Å². The number of allylic oxidation sites excluding steroid dienone is 6. The van der Waals surface area contributed by atoms with E-state index in [0.717, 1.165) is 12.0 Å². The molecule has 0 aliphatic carbocycles. The van der Waals surface area contributed by atoms with Gasteiger partial charge in [0.25, 0.3) is 0 Å². The van der Waals surface area contributed by atoms with Crippen molar-refractivity contribution in [2.75, 3.05) is 0 Å². The lowest BCUT2D eigenvalue weighted by Crippen LogP contribution is -2.20. The van der Waals surface area contributed by atoms with Gasteiger partial charge in [-0.15, -0.1) is 0 Å². The normalized spacial score (nSPS) is 13.4. The SMILES string of the molecule is CC(=C/C(C)=C/CCC(=O)c1ccccc1)/C=C(\C)NC(C)C. The molecule has 0 aliphatic heterocycles. The minimum atomic E-state index is 0.201. The topological polar surface area (TPSA) is 29.1 Å². The van der Waals surface area contributed by atoms with Crippen LogP contribution < -0.4 is 5.32 Å². The Hall–Kier alpha value is -2.09. The number of carbonyl (C=O) groups excluding carboxylic acids is 1. The van der Waals surface area contributed by atoms with Gasteiger partial charge in [0.15, 0.2) is 5.78 Å². The van der Waals surface area contributed by atoms with Crippen molar-refractivity contribution in [1.29, 1.82) is 0 Å². The lowest BCUT2D eigenvalue weighted by Gasteiger charge is -2.10. The van der Waals surface area contributed by atoms with E-state index in [4.69, 9.17) is 0 Å². The summed E-state index contributed by atoms with van der Waals surface area (Å²) in [6, 6.07) is 9.93. The smallest absolute Gasteiger partial charge is 0.163 e. The number of ketones is 1. The summed E-state index contributed by atoms with van der Waals surface area (Å²) in [5.74, 6) is 0.201. The second kappa shape index (κ2) is 9.83. The number of hydrogen-bond donors (Lipinski definition) is 1. The summed E-state index contributed by atoms with van der Waals surface area (Å²) in [5.41, 5.74) is 4.36. The predicted molar refractivity (Wildman–Crippen MR) is 99.5 cm³/mol. The number of nitrogens with one attached hydrogen (secondary N) is 1. The molecule has 0 amide bonds. The summed E-state index contributed by atoms with van der Waals surface area (Å²) in [6.45, 7) is 10.5. The van der Waals surface area contributed by atoms with Crippen LogP contribution in [0.1, 0.15) is 57.8 Å². The van der Waals surface area contributed by atoms with Crippen LogP contribution in [0.2, 0.25) is 0 Å². The molecule has 1 rings (SSSR count). The molecule has 0 saturated heterocycles. The van der Waals surface area contributed by atoms with Gasteiger partial charge in [-0.05, 0) is 52.7 Å². The number of benzene rings is 1. The Bertz CT molecular complexity index is 592. The van der Waals surface area contributed by atoms with E-state index < -0.39 is 0 Å². The maximum Gasteiger partial charge on any atom is 0.163 e. The van der Waals surface area contributed by atoms with Crippen LogP contribution in [0.5, 0.6) is 0 Å². The summed E-state index contributed by atoms with van der Waals surface area (Å²) in [6.07, 6.45) is 7.75. The number of rotatable bonds is 8. The first-order valence-electron chi connectivity index (χ1n) is 8.26. The van der Waals surface area contributed by atoms with E-state index >= 15 is 0 Å². The van der Waals surface area contributed by atoms with Crippen molar-refractivity contribution in [3.05, 3.63) is 71.0 Å². The van der Waals surface area contributed by atoms with Gasteiger partial charge in [0.2, 0.25) is 0 Å². The van der Waals surface area contributed by atoms with Crippen LogP contribution in [0.25, 0.3) is 0 Å². The van der Waals surface area contributed by atoms with E-state index in [2.05, 4.69) is 58.2 Å². The first kappa shape index (κ1) is 19.0. The fourth-order valence-corrected chi connectivity index (χ4v) is 2.50. The minimum Gasteiger partial charge on any atom is -0.386 e. The molecule has 0 radical (unpaired) electrons. The Labute approximate surface area is 141 Å². The van der Waals surface area contributed by atoms with Gasteiger partial charge in [0.05, 0.1) is 0 Å². The first-order valence-corrected chi connectivity index (χ1v) is 8.26. The number of carbonyl (C=O) groups is 1. The summed E-state index contributed by atoms with van der Waals surface area (Å²) in [4.78, 5) is 12.0. The van der Waals surface area contributed by atoms with E-state index in [1.807, 2.05) is 30.3 Å². The fraction of sp³-hybridized carbons (Fsp3) is 0.381. The molecule has 0 saturated carbocycles. The van der Waals surface area contributed by atoms with E-state index in [9.17, 15) is 4.79 Å². The minimum absolute atomic E-state index is 0.201. The third-order valence-electron chi connectivity index (χ3n) is 3.35. The number of Topliss-reactive ketones (excluding diaryl/α,β-unsaturated/α-hetero) is 1.